The van der Waals surface area contributed by atoms with Gasteiger partial charge in [-0.25, -0.2) is 4.68 Å². The summed E-state index contributed by atoms with van der Waals surface area (Å²) >= 11 is 5.92. The molecule has 31 heavy (non-hydrogen) atoms. The molecule has 0 spiro atoms. The molecule has 0 saturated carbocycles. The van der Waals surface area contributed by atoms with Crippen molar-refractivity contribution in [2.45, 2.75) is 20.0 Å². The minimum atomic E-state index is -0.414. The highest BCUT2D eigenvalue weighted by atomic mass is 35.5. The average molecular weight is 433 g/mol. The summed E-state index contributed by atoms with van der Waals surface area (Å²) in [5.41, 5.74) is 3.61. The Morgan fingerprint density at radius 1 is 1.06 bits per heavy atom. The number of aromatic nitrogens is 3. The molecule has 0 saturated heterocycles. The van der Waals surface area contributed by atoms with E-state index in [1.807, 2.05) is 49.5 Å². The number of benzene rings is 2. The van der Waals surface area contributed by atoms with Crippen molar-refractivity contribution < 1.29 is 4.79 Å². The molecule has 0 aliphatic carbocycles. The van der Waals surface area contributed by atoms with Crippen molar-refractivity contribution in [1.29, 1.82) is 0 Å². The van der Waals surface area contributed by atoms with Gasteiger partial charge in [-0.15, -0.1) is 0 Å². The fourth-order valence-corrected chi connectivity index (χ4v) is 3.43. The van der Waals surface area contributed by atoms with Crippen LogP contribution in [-0.4, -0.2) is 20.3 Å². The normalized spacial score (nSPS) is 10.8. The molecule has 0 unspecified atom stereocenters. The van der Waals surface area contributed by atoms with Crippen LogP contribution in [0.25, 0.3) is 5.69 Å². The van der Waals surface area contributed by atoms with Gasteiger partial charge in [-0.2, -0.15) is 5.10 Å². The van der Waals surface area contributed by atoms with E-state index in [1.54, 1.807) is 45.9 Å². The van der Waals surface area contributed by atoms with Crippen LogP contribution in [0.4, 0.5) is 0 Å². The molecule has 0 fully saturated rings. The molecule has 7 heteroatoms. The van der Waals surface area contributed by atoms with Gasteiger partial charge in [-0.1, -0.05) is 41.4 Å². The fourth-order valence-electron chi connectivity index (χ4n) is 3.31. The van der Waals surface area contributed by atoms with Crippen LogP contribution < -0.4 is 10.9 Å². The molecule has 1 amide bonds. The first-order chi connectivity index (χ1) is 15.0. The molecule has 0 radical (unpaired) electrons. The van der Waals surface area contributed by atoms with E-state index in [9.17, 15) is 9.59 Å². The van der Waals surface area contributed by atoms with Crippen LogP contribution in [0.15, 0.2) is 84.0 Å². The van der Waals surface area contributed by atoms with Gasteiger partial charge in [0.05, 0.1) is 18.4 Å². The molecule has 4 aromatic rings. The molecule has 0 aliphatic heterocycles. The SMILES string of the molecule is Cc1cccc(Cn2cccc(C(=O)NCc3cnn(-c4ccc(Cl)cc4)c3)c2=O)c1. The summed E-state index contributed by atoms with van der Waals surface area (Å²) < 4.78 is 3.25. The third-order valence-corrected chi connectivity index (χ3v) is 5.13. The summed E-state index contributed by atoms with van der Waals surface area (Å²) in [5, 5.41) is 7.76. The van der Waals surface area contributed by atoms with Crippen LogP contribution in [0.5, 0.6) is 0 Å². The molecular weight excluding hydrogens is 412 g/mol. The molecule has 2 aromatic heterocycles. The van der Waals surface area contributed by atoms with Crippen LogP contribution in [0.3, 0.4) is 0 Å². The highest BCUT2D eigenvalue weighted by Crippen LogP contribution is 2.13. The van der Waals surface area contributed by atoms with Gasteiger partial charge < -0.3 is 9.88 Å². The first-order valence-corrected chi connectivity index (χ1v) is 10.2. The summed E-state index contributed by atoms with van der Waals surface area (Å²) in [6.07, 6.45) is 5.19. The average Bonchev–Trinajstić information content (AvgIpc) is 3.23. The number of nitrogens with zero attached hydrogens (tertiary/aromatic N) is 3. The van der Waals surface area contributed by atoms with Crippen LogP contribution in [-0.2, 0) is 13.1 Å². The number of pyridine rings is 1. The lowest BCUT2D eigenvalue weighted by Gasteiger charge is -2.09. The predicted octanol–water partition coefficient (Wildman–Crippen LogP) is 3.97. The predicted molar refractivity (Wildman–Crippen MR) is 121 cm³/mol. The van der Waals surface area contributed by atoms with E-state index < -0.39 is 5.91 Å². The van der Waals surface area contributed by atoms with Gasteiger partial charge in [-0.3, -0.25) is 9.59 Å². The molecule has 156 valence electrons. The zero-order valence-electron chi connectivity index (χ0n) is 17.0. The van der Waals surface area contributed by atoms with Crippen molar-refractivity contribution >= 4 is 17.5 Å². The second kappa shape index (κ2) is 9.02. The first kappa shape index (κ1) is 20.6. The smallest absolute Gasteiger partial charge is 0.263 e. The molecule has 6 nitrogen and oxygen atoms in total. The second-order valence-corrected chi connectivity index (χ2v) is 7.73. The molecule has 0 bridgehead atoms. The Morgan fingerprint density at radius 3 is 2.65 bits per heavy atom. The number of rotatable bonds is 6. The van der Waals surface area contributed by atoms with E-state index in [0.29, 0.717) is 11.6 Å². The van der Waals surface area contributed by atoms with Crippen LogP contribution >= 0.6 is 11.6 Å². The standard InChI is InChI=1S/C24H21ClN4O2/c1-17-4-2-5-18(12-17)15-28-11-3-6-22(24(28)31)23(30)26-13-19-14-27-29(16-19)21-9-7-20(25)8-10-21/h2-12,14,16H,13,15H2,1H3,(H,26,30). The van der Waals surface area contributed by atoms with E-state index >= 15 is 0 Å². The van der Waals surface area contributed by atoms with Gasteiger partial charge in [-0.05, 0) is 48.9 Å². The minimum absolute atomic E-state index is 0.111. The van der Waals surface area contributed by atoms with Gasteiger partial charge in [0, 0.05) is 29.5 Å². The summed E-state index contributed by atoms with van der Waals surface area (Å²) in [6.45, 7) is 2.68. The Hall–Kier alpha value is -3.64. The fraction of sp³-hybridized carbons (Fsp3) is 0.125. The number of hydrogen-bond acceptors (Lipinski definition) is 3. The summed E-state index contributed by atoms with van der Waals surface area (Å²) in [7, 11) is 0. The van der Waals surface area contributed by atoms with Crippen molar-refractivity contribution in [3.63, 3.8) is 0 Å². The van der Waals surface area contributed by atoms with Crippen molar-refractivity contribution in [1.82, 2.24) is 19.7 Å². The molecule has 2 aromatic carbocycles. The molecule has 2 heterocycles. The summed E-state index contributed by atoms with van der Waals surface area (Å²) in [5.74, 6) is -0.414. The topological polar surface area (TPSA) is 68.9 Å². The van der Waals surface area contributed by atoms with E-state index in [0.717, 1.165) is 22.4 Å². The Balaban J connectivity index is 1.44. The Labute approximate surface area is 184 Å². The largest absolute Gasteiger partial charge is 0.348 e. The lowest BCUT2D eigenvalue weighted by Crippen LogP contribution is -2.32. The number of amides is 1. The Bertz CT molecular complexity index is 1280. The number of carbonyl (C=O) groups excluding carboxylic acids is 1. The monoisotopic (exact) mass is 432 g/mol. The first-order valence-electron chi connectivity index (χ1n) is 9.82. The maximum absolute atomic E-state index is 12.8. The summed E-state index contributed by atoms with van der Waals surface area (Å²) in [4.78, 5) is 25.4. The van der Waals surface area contributed by atoms with Crippen LogP contribution in [0.1, 0.15) is 27.0 Å². The molecule has 1 N–H and O–H groups in total. The van der Waals surface area contributed by atoms with Crippen LogP contribution in [0, 0.1) is 6.92 Å². The number of aryl methyl sites for hydroxylation is 1. The quantitative estimate of drug-likeness (QED) is 0.501. The second-order valence-electron chi connectivity index (χ2n) is 7.30. The number of halogens is 1. The minimum Gasteiger partial charge on any atom is -0.348 e. The lowest BCUT2D eigenvalue weighted by molar-refractivity contribution is 0.0949. The third kappa shape index (κ3) is 4.92. The zero-order chi connectivity index (χ0) is 21.8. The van der Waals surface area contributed by atoms with Gasteiger partial charge in [0.1, 0.15) is 5.56 Å². The zero-order valence-corrected chi connectivity index (χ0v) is 17.7. The van der Waals surface area contributed by atoms with Gasteiger partial charge in [0.15, 0.2) is 0 Å². The Kier molecular flexibility index (Phi) is 6.00. The lowest BCUT2D eigenvalue weighted by atomic mass is 10.1. The number of nitrogens with one attached hydrogen (secondary N) is 1. The van der Waals surface area contributed by atoms with Crippen molar-refractivity contribution in [3.8, 4) is 5.69 Å². The van der Waals surface area contributed by atoms with E-state index in [1.165, 1.54) is 0 Å². The maximum atomic E-state index is 12.8. The van der Waals surface area contributed by atoms with E-state index in [2.05, 4.69) is 10.4 Å². The maximum Gasteiger partial charge on any atom is 0.263 e. The van der Waals surface area contributed by atoms with Crippen molar-refractivity contribution in [2.24, 2.45) is 0 Å². The van der Waals surface area contributed by atoms with Crippen molar-refractivity contribution in [2.75, 3.05) is 0 Å². The molecule has 0 aliphatic rings. The highest BCUT2D eigenvalue weighted by Gasteiger charge is 2.13. The molecule has 0 atom stereocenters. The molecular formula is C24H21ClN4O2. The number of carbonyl (C=O) groups is 1. The Morgan fingerprint density at radius 2 is 1.87 bits per heavy atom. The third-order valence-electron chi connectivity index (χ3n) is 4.88. The van der Waals surface area contributed by atoms with Gasteiger partial charge in [0.2, 0.25) is 0 Å². The van der Waals surface area contributed by atoms with Crippen LogP contribution in [0.2, 0.25) is 5.02 Å². The highest BCUT2D eigenvalue weighted by molar-refractivity contribution is 6.30. The van der Waals surface area contributed by atoms with Gasteiger partial charge in [0.25, 0.3) is 11.5 Å². The summed E-state index contributed by atoms with van der Waals surface area (Å²) in [6, 6.07) is 18.5. The van der Waals surface area contributed by atoms with Crippen molar-refractivity contribution in [3.05, 3.63) is 117 Å². The molecule has 4 rings (SSSR count). The van der Waals surface area contributed by atoms with E-state index in [4.69, 9.17) is 11.6 Å². The number of hydrogen-bond donors (Lipinski definition) is 1. The van der Waals surface area contributed by atoms with Gasteiger partial charge >= 0.3 is 0 Å². The van der Waals surface area contributed by atoms with E-state index in [-0.39, 0.29) is 17.7 Å².